The van der Waals surface area contributed by atoms with Gasteiger partial charge in [-0.15, -0.1) is 0 Å². The highest BCUT2D eigenvalue weighted by Gasteiger charge is 2.33. The lowest BCUT2D eigenvalue weighted by molar-refractivity contribution is 0.100. The molecule has 0 radical (unpaired) electrons. The van der Waals surface area contributed by atoms with Gasteiger partial charge in [0, 0.05) is 22.2 Å². The third-order valence-electron chi connectivity index (χ3n) is 4.96. The van der Waals surface area contributed by atoms with Crippen LogP contribution in [-0.2, 0) is 0 Å². The molecule has 0 aliphatic rings. The molecule has 0 aliphatic carbocycles. The number of anilines is 1. The second-order valence-electron chi connectivity index (χ2n) is 8.64. The van der Waals surface area contributed by atoms with Crippen LogP contribution in [0.2, 0.25) is 0 Å². The van der Waals surface area contributed by atoms with Crippen molar-refractivity contribution in [1.82, 2.24) is 0 Å². The molecule has 4 nitrogen and oxygen atoms in total. The Kier molecular flexibility index (Phi) is 5.78. The summed E-state index contributed by atoms with van der Waals surface area (Å²) in [6, 6.07) is 27.3. The zero-order valence-corrected chi connectivity index (χ0v) is 18.4. The van der Waals surface area contributed by atoms with Crippen molar-refractivity contribution in [1.29, 1.82) is 0 Å². The van der Waals surface area contributed by atoms with E-state index in [9.17, 15) is 9.59 Å². The number of rotatable bonds is 6. The normalized spacial score (nSPS) is 11.2. The maximum Gasteiger partial charge on any atom is 0.206 e. The third kappa shape index (κ3) is 4.40. The smallest absolute Gasteiger partial charge is 0.206 e. The average Bonchev–Trinajstić information content (AvgIpc) is 3.17. The van der Waals surface area contributed by atoms with E-state index in [2.05, 4.69) is 5.32 Å². The largest absolute Gasteiger partial charge is 0.439 e. The molecule has 0 unspecified atom stereocenters. The first-order valence-corrected chi connectivity index (χ1v) is 10.5. The topological polar surface area (TPSA) is 59.3 Å². The molecule has 1 N–H and O–H groups in total. The standard InChI is InChI=1S/C28H25NO3/c1-28(2,3)29-27-23(25(31)20-15-9-5-10-16-20)22(24(30)19-13-7-4-8-14-19)26(32-27)21-17-11-6-12-18-21/h4-18,29H,1-3H3. The minimum absolute atomic E-state index is 0.249. The molecule has 0 aliphatic heterocycles. The molecule has 0 bridgehead atoms. The minimum Gasteiger partial charge on any atom is -0.439 e. The predicted octanol–water partition coefficient (Wildman–Crippen LogP) is 6.62. The van der Waals surface area contributed by atoms with Gasteiger partial charge in [0.2, 0.25) is 5.88 Å². The SMILES string of the molecule is CC(C)(C)Nc1oc(-c2ccccc2)c(C(=O)c2ccccc2)c1C(=O)c1ccccc1. The van der Waals surface area contributed by atoms with Gasteiger partial charge in [-0.1, -0.05) is 91.0 Å². The highest BCUT2D eigenvalue weighted by atomic mass is 16.4. The quantitative estimate of drug-likeness (QED) is 0.354. The highest BCUT2D eigenvalue weighted by molar-refractivity contribution is 6.24. The van der Waals surface area contributed by atoms with E-state index in [1.807, 2.05) is 75.4 Å². The maximum atomic E-state index is 13.7. The molecular weight excluding hydrogens is 398 g/mol. The van der Waals surface area contributed by atoms with Gasteiger partial charge in [0.1, 0.15) is 5.76 Å². The van der Waals surface area contributed by atoms with Crippen molar-refractivity contribution in [2.75, 3.05) is 5.32 Å². The van der Waals surface area contributed by atoms with Crippen LogP contribution in [0.25, 0.3) is 11.3 Å². The summed E-state index contributed by atoms with van der Waals surface area (Å²) in [4.78, 5) is 27.4. The molecule has 4 rings (SSSR count). The van der Waals surface area contributed by atoms with Crippen LogP contribution in [0.5, 0.6) is 0 Å². The van der Waals surface area contributed by atoms with Crippen LogP contribution in [0.15, 0.2) is 95.4 Å². The first kappa shape index (κ1) is 21.3. The molecule has 4 heteroatoms. The Morgan fingerprint density at radius 1 is 0.656 bits per heavy atom. The summed E-state index contributed by atoms with van der Waals surface area (Å²) in [6.45, 7) is 5.94. The molecular formula is C28H25NO3. The Hall–Kier alpha value is -3.92. The molecule has 4 aromatic rings. The number of benzene rings is 3. The monoisotopic (exact) mass is 423 g/mol. The summed E-state index contributed by atoms with van der Waals surface area (Å²) in [5.74, 6) is 0.159. The molecule has 32 heavy (non-hydrogen) atoms. The van der Waals surface area contributed by atoms with Crippen LogP contribution in [-0.4, -0.2) is 17.1 Å². The van der Waals surface area contributed by atoms with Crippen LogP contribution in [0.1, 0.15) is 52.6 Å². The Morgan fingerprint density at radius 3 is 1.56 bits per heavy atom. The molecule has 1 aromatic heterocycles. The van der Waals surface area contributed by atoms with Gasteiger partial charge in [-0.2, -0.15) is 0 Å². The zero-order valence-electron chi connectivity index (χ0n) is 18.4. The van der Waals surface area contributed by atoms with Gasteiger partial charge < -0.3 is 9.73 Å². The Labute approximate surface area is 187 Å². The summed E-state index contributed by atoms with van der Waals surface area (Å²) in [5, 5.41) is 3.30. The van der Waals surface area contributed by atoms with E-state index in [1.54, 1.807) is 36.4 Å². The lowest BCUT2D eigenvalue weighted by Gasteiger charge is -2.20. The molecule has 0 atom stereocenters. The molecule has 0 spiro atoms. The van der Waals surface area contributed by atoms with E-state index in [0.29, 0.717) is 22.8 Å². The fourth-order valence-corrected chi connectivity index (χ4v) is 3.55. The van der Waals surface area contributed by atoms with E-state index >= 15 is 0 Å². The van der Waals surface area contributed by atoms with Crippen LogP contribution in [0, 0.1) is 0 Å². The molecule has 0 fully saturated rings. The number of carbonyl (C=O) groups excluding carboxylic acids is 2. The zero-order chi connectivity index (χ0) is 22.7. The van der Waals surface area contributed by atoms with E-state index in [-0.39, 0.29) is 28.2 Å². The summed E-state index contributed by atoms with van der Waals surface area (Å²) in [7, 11) is 0. The van der Waals surface area contributed by atoms with Gasteiger partial charge in [-0.25, -0.2) is 0 Å². The fourth-order valence-electron chi connectivity index (χ4n) is 3.55. The number of hydrogen-bond acceptors (Lipinski definition) is 4. The Balaban J connectivity index is 2.01. The van der Waals surface area contributed by atoms with Crippen LogP contribution < -0.4 is 5.32 Å². The van der Waals surface area contributed by atoms with Crippen LogP contribution in [0.4, 0.5) is 5.88 Å². The van der Waals surface area contributed by atoms with Crippen molar-refractivity contribution < 1.29 is 14.0 Å². The van der Waals surface area contributed by atoms with E-state index < -0.39 is 0 Å². The summed E-state index contributed by atoms with van der Waals surface area (Å²) in [6.07, 6.45) is 0. The number of hydrogen-bond donors (Lipinski definition) is 1. The van der Waals surface area contributed by atoms with Crippen molar-refractivity contribution in [2.45, 2.75) is 26.3 Å². The minimum atomic E-state index is -0.384. The van der Waals surface area contributed by atoms with Crippen molar-refractivity contribution in [3.8, 4) is 11.3 Å². The molecule has 1 heterocycles. The van der Waals surface area contributed by atoms with Gasteiger partial charge >= 0.3 is 0 Å². The number of nitrogens with one attached hydrogen (secondary N) is 1. The van der Waals surface area contributed by atoms with Crippen molar-refractivity contribution in [3.05, 3.63) is 113 Å². The maximum absolute atomic E-state index is 13.7. The Bertz CT molecular complexity index is 1230. The second kappa shape index (κ2) is 8.67. The lowest BCUT2D eigenvalue weighted by Crippen LogP contribution is -2.27. The highest BCUT2D eigenvalue weighted by Crippen LogP contribution is 2.38. The number of furan rings is 1. The van der Waals surface area contributed by atoms with E-state index in [4.69, 9.17) is 4.42 Å². The number of carbonyl (C=O) groups is 2. The number of ketones is 2. The molecule has 0 amide bonds. The van der Waals surface area contributed by atoms with Gasteiger partial charge in [0.05, 0.1) is 11.1 Å². The van der Waals surface area contributed by atoms with Crippen LogP contribution >= 0.6 is 0 Å². The molecule has 160 valence electrons. The van der Waals surface area contributed by atoms with Gasteiger partial charge in [-0.3, -0.25) is 9.59 Å². The van der Waals surface area contributed by atoms with E-state index in [0.717, 1.165) is 5.56 Å². The average molecular weight is 424 g/mol. The van der Waals surface area contributed by atoms with Gasteiger partial charge in [-0.05, 0) is 20.8 Å². The summed E-state index contributed by atoms with van der Waals surface area (Å²) < 4.78 is 6.24. The van der Waals surface area contributed by atoms with E-state index in [1.165, 1.54) is 0 Å². The first-order valence-electron chi connectivity index (χ1n) is 10.5. The van der Waals surface area contributed by atoms with Gasteiger partial charge in [0.25, 0.3) is 0 Å². The van der Waals surface area contributed by atoms with Gasteiger partial charge in [0.15, 0.2) is 11.6 Å². The van der Waals surface area contributed by atoms with Crippen molar-refractivity contribution >= 4 is 17.5 Å². The predicted molar refractivity (Wildman–Crippen MR) is 127 cm³/mol. The third-order valence-corrected chi connectivity index (χ3v) is 4.96. The second-order valence-corrected chi connectivity index (χ2v) is 8.64. The molecule has 0 saturated heterocycles. The first-order chi connectivity index (χ1) is 15.3. The molecule has 3 aromatic carbocycles. The lowest BCUT2D eigenvalue weighted by atomic mass is 9.92. The summed E-state index contributed by atoms with van der Waals surface area (Å²) in [5.41, 5.74) is 1.85. The van der Waals surface area contributed by atoms with Crippen molar-refractivity contribution in [2.24, 2.45) is 0 Å². The Morgan fingerprint density at radius 2 is 1.09 bits per heavy atom. The van der Waals surface area contributed by atoms with Crippen LogP contribution in [0.3, 0.4) is 0 Å². The summed E-state index contributed by atoms with van der Waals surface area (Å²) >= 11 is 0. The fraction of sp³-hybridized carbons (Fsp3) is 0.143. The molecule has 0 saturated carbocycles. The van der Waals surface area contributed by atoms with Crippen molar-refractivity contribution in [3.63, 3.8) is 0 Å².